The normalized spacial score (nSPS) is 11.5. The van der Waals surface area contributed by atoms with Crippen LogP contribution in [0.4, 0.5) is 0 Å². The molecule has 0 aliphatic carbocycles. The first-order chi connectivity index (χ1) is 15.1. The Bertz CT molecular complexity index is 1390. The number of ether oxygens (including phenoxy) is 1. The average molecular weight is 410 g/mol. The summed E-state index contributed by atoms with van der Waals surface area (Å²) in [5, 5.41) is 26.6. The Hall–Kier alpha value is -3.79. The molecule has 0 fully saturated rings. The molecule has 31 heavy (non-hydrogen) atoms. The van der Waals surface area contributed by atoms with Gasteiger partial charge >= 0.3 is 5.97 Å². The van der Waals surface area contributed by atoms with E-state index in [4.69, 9.17) is 4.74 Å². The topological polar surface area (TPSA) is 66.8 Å². The fourth-order valence-corrected chi connectivity index (χ4v) is 4.33. The number of phenols is 2. The molecule has 0 saturated heterocycles. The lowest BCUT2D eigenvalue weighted by Crippen LogP contribution is -2.06. The van der Waals surface area contributed by atoms with Gasteiger partial charge in [-0.25, -0.2) is 4.79 Å². The highest BCUT2D eigenvalue weighted by atomic mass is 16.5. The van der Waals surface area contributed by atoms with E-state index in [0.717, 1.165) is 19.3 Å². The zero-order valence-electron chi connectivity index (χ0n) is 17.0. The van der Waals surface area contributed by atoms with Gasteiger partial charge < -0.3 is 14.9 Å². The molecule has 0 saturated carbocycles. The summed E-state index contributed by atoms with van der Waals surface area (Å²) < 4.78 is 5.31. The van der Waals surface area contributed by atoms with Crippen molar-refractivity contribution in [2.75, 3.05) is 6.61 Å². The van der Waals surface area contributed by atoms with Gasteiger partial charge in [-0.1, -0.05) is 54.6 Å². The third kappa shape index (κ3) is 3.50. The fourth-order valence-electron chi connectivity index (χ4n) is 4.33. The van der Waals surface area contributed by atoms with Gasteiger partial charge in [-0.15, -0.1) is 0 Å². The lowest BCUT2D eigenvalue weighted by atomic mass is 9.91. The van der Waals surface area contributed by atoms with E-state index in [1.807, 2.05) is 0 Å². The predicted octanol–water partition coefficient (Wildman–Crippen LogP) is 6.17. The zero-order valence-corrected chi connectivity index (χ0v) is 17.0. The van der Waals surface area contributed by atoms with E-state index < -0.39 is 5.97 Å². The minimum absolute atomic E-state index is 0.224. The molecule has 0 radical (unpaired) electrons. The summed E-state index contributed by atoms with van der Waals surface area (Å²) in [6, 6.07) is 23.5. The van der Waals surface area contributed by atoms with Crippen LogP contribution in [0.5, 0.6) is 11.5 Å². The molecule has 4 heteroatoms. The van der Waals surface area contributed by atoms with E-state index in [0.29, 0.717) is 6.61 Å². The summed E-state index contributed by atoms with van der Waals surface area (Å²) >= 11 is 0. The van der Waals surface area contributed by atoms with Crippen LogP contribution in [0.25, 0.3) is 32.3 Å². The van der Waals surface area contributed by atoms with E-state index in [9.17, 15) is 15.0 Å². The molecule has 0 heterocycles. The number of unbranched alkanes of at least 4 members (excludes halogenated alkanes) is 1. The SMILES string of the molecule is O=C(OCCCCc1ccc2ccc3cccc4ccc1c2c34)c1ccc(O)c(O)c1. The second-order valence-corrected chi connectivity index (χ2v) is 7.88. The average Bonchev–Trinajstić information content (AvgIpc) is 2.79. The first-order valence-corrected chi connectivity index (χ1v) is 10.5. The number of carbonyl (C=O) groups excluding carboxylic acids is 1. The number of benzene rings is 5. The standard InChI is InChI=1S/C27H22O4/c28-23-14-12-21(16-24(23)29)27(30)31-15-2-1-4-17-7-8-20-10-9-18-5-3-6-19-11-13-22(17)26(20)25(18)19/h3,5-14,16,28-29H,1-2,4,15H2. The molecule has 0 bridgehead atoms. The molecule has 0 aliphatic rings. The highest BCUT2D eigenvalue weighted by Gasteiger charge is 2.12. The lowest BCUT2D eigenvalue weighted by molar-refractivity contribution is 0.0498. The highest BCUT2D eigenvalue weighted by molar-refractivity contribution is 6.23. The largest absolute Gasteiger partial charge is 0.504 e. The summed E-state index contributed by atoms with van der Waals surface area (Å²) in [7, 11) is 0. The molecule has 0 atom stereocenters. The second-order valence-electron chi connectivity index (χ2n) is 7.88. The van der Waals surface area contributed by atoms with Crippen LogP contribution in [0.2, 0.25) is 0 Å². The van der Waals surface area contributed by atoms with Crippen LogP contribution < -0.4 is 0 Å². The van der Waals surface area contributed by atoms with Gasteiger partial charge in [-0.2, -0.15) is 0 Å². The number of phenolic OH excluding ortho intramolecular Hbond substituents is 2. The van der Waals surface area contributed by atoms with Crippen molar-refractivity contribution in [3.8, 4) is 11.5 Å². The van der Waals surface area contributed by atoms with Gasteiger partial charge in [0.15, 0.2) is 11.5 Å². The second kappa shape index (κ2) is 7.80. The number of aromatic hydroxyl groups is 2. The molecule has 154 valence electrons. The van der Waals surface area contributed by atoms with Crippen molar-refractivity contribution in [2.45, 2.75) is 19.3 Å². The Morgan fingerprint density at radius 1 is 0.742 bits per heavy atom. The van der Waals surface area contributed by atoms with Crippen LogP contribution in [0.3, 0.4) is 0 Å². The van der Waals surface area contributed by atoms with Crippen molar-refractivity contribution in [2.24, 2.45) is 0 Å². The van der Waals surface area contributed by atoms with E-state index in [1.54, 1.807) is 0 Å². The minimum Gasteiger partial charge on any atom is -0.504 e. The summed E-state index contributed by atoms with van der Waals surface area (Å²) in [4.78, 5) is 12.1. The van der Waals surface area contributed by atoms with Gasteiger partial charge in [0.1, 0.15) is 0 Å². The van der Waals surface area contributed by atoms with Crippen LogP contribution in [-0.2, 0) is 11.2 Å². The molecular weight excluding hydrogens is 388 g/mol. The molecule has 5 aromatic rings. The summed E-state index contributed by atoms with van der Waals surface area (Å²) in [5.41, 5.74) is 1.53. The van der Waals surface area contributed by atoms with Crippen molar-refractivity contribution >= 4 is 38.3 Å². The monoisotopic (exact) mass is 410 g/mol. The number of aryl methyl sites for hydroxylation is 1. The fraction of sp³-hybridized carbons (Fsp3) is 0.148. The van der Waals surface area contributed by atoms with Crippen molar-refractivity contribution in [3.63, 3.8) is 0 Å². The lowest BCUT2D eigenvalue weighted by Gasteiger charge is -2.14. The van der Waals surface area contributed by atoms with Gasteiger partial charge in [-0.05, 0) is 75.3 Å². The summed E-state index contributed by atoms with van der Waals surface area (Å²) in [6.07, 6.45) is 2.56. The van der Waals surface area contributed by atoms with Crippen LogP contribution in [0, 0.1) is 0 Å². The first-order valence-electron chi connectivity index (χ1n) is 10.5. The minimum atomic E-state index is -0.502. The van der Waals surface area contributed by atoms with Crippen LogP contribution in [0.15, 0.2) is 72.8 Å². The number of carbonyl (C=O) groups is 1. The molecule has 0 aliphatic heterocycles. The Kier molecular flexibility index (Phi) is 4.83. The zero-order chi connectivity index (χ0) is 21.4. The number of esters is 1. The maximum Gasteiger partial charge on any atom is 0.338 e. The Balaban J connectivity index is 1.27. The molecule has 0 unspecified atom stereocenters. The summed E-state index contributed by atoms with van der Waals surface area (Å²) in [6.45, 7) is 0.312. The molecule has 2 N–H and O–H groups in total. The van der Waals surface area contributed by atoms with Gasteiger partial charge in [-0.3, -0.25) is 0 Å². The van der Waals surface area contributed by atoms with Crippen LogP contribution in [-0.4, -0.2) is 22.8 Å². The molecule has 0 spiro atoms. The van der Waals surface area contributed by atoms with Crippen molar-refractivity contribution in [3.05, 3.63) is 83.9 Å². The van der Waals surface area contributed by atoms with E-state index in [1.165, 1.54) is 56.1 Å². The third-order valence-electron chi connectivity index (χ3n) is 5.90. The van der Waals surface area contributed by atoms with Crippen molar-refractivity contribution in [1.82, 2.24) is 0 Å². The Morgan fingerprint density at radius 3 is 2.23 bits per heavy atom. The Labute approximate surface area is 179 Å². The smallest absolute Gasteiger partial charge is 0.338 e. The van der Waals surface area contributed by atoms with E-state index in [2.05, 4.69) is 54.6 Å². The van der Waals surface area contributed by atoms with E-state index in [-0.39, 0.29) is 17.1 Å². The van der Waals surface area contributed by atoms with E-state index >= 15 is 0 Å². The molecule has 0 amide bonds. The van der Waals surface area contributed by atoms with Gasteiger partial charge in [0.2, 0.25) is 0 Å². The molecule has 4 nitrogen and oxygen atoms in total. The number of hydrogen-bond donors (Lipinski definition) is 2. The van der Waals surface area contributed by atoms with Gasteiger partial charge in [0, 0.05) is 0 Å². The maximum absolute atomic E-state index is 12.1. The quantitative estimate of drug-likeness (QED) is 0.152. The van der Waals surface area contributed by atoms with Crippen molar-refractivity contribution < 1.29 is 19.7 Å². The van der Waals surface area contributed by atoms with Crippen LogP contribution in [0.1, 0.15) is 28.8 Å². The third-order valence-corrected chi connectivity index (χ3v) is 5.90. The number of rotatable bonds is 6. The molecular formula is C27H22O4. The van der Waals surface area contributed by atoms with Crippen LogP contribution >= 0.6 is 0 Å². The molecule has 5 aromatic carbocycles. The maximum atomic E-state index is 12.1. The molecule has 5 rings (SSSR count). The first kappa shape index (κ1) is 19.2. The molecule has 0 aromatic heterocycles. The number of hydrogen-bond acceptors (Lipinski definition) is 4. The van der Waals surface area contributed by atoms with Gasteiger partial charge in [0.25, 0.3) is 0 Å². The Morgan fingerprint density at radius 2 is 1.45 bits per heavy atom. The van der Waals surface area contributed by atoms with Gasteiger partial charge in [0.05, 0.1) is 12.2 Å². The summed E-state index contributed by atoms with van der Waals surface area (Å²) in [5.74, 6) is -1.09. The predicted molar refractivity (Wildman–Crippen MR) is 123 cm³/mol. The highest BCUT2D eigenvalue weighted by Crippen LogP contribution is 2.36. The van der Waals surface area contributed by atoms with Crippen molar-refractivity contribution in [1.29, 1.82) is 0 Å².